The average Bonchev–Trinajstić information content (AvgIpc) is 3.41. The van der Waals surface area contributed by atoms with Gasteiger partial charge in [0, 0.05) is 33.5 Å². The molecule has 1 saturated heterocycles. The Balaban J connectivity index is 1.81. The van der Waals surface area contributed by atoms with Gasteiger partial charge in [0.05, 0.1) is 6.61 Å². The highest BCUT2D eigenvalue weighted by atomic mass is 32.2. The van der Waals surface area contributed by atoms with Crippen molar-refractivity contribution >= 4 is 17.7 Å². The summed E-state index contributed by atoms with van der Waals surface area (Å²) in [5.74, 6) is 0.0164. The van der Waals surface area contributed by atoms with E-state index in [-0.39, 0.29) is 10.7 Å². The van der Waals surface area contributed by atoms with E-state index in [0.29, 0.717) is 6.61 Å². The van der Waals surface area contributed by atoms with E-state index < -0.39 is 5.97 Å². The SMILES string of the molecule is COC(CCCCCCCCCCCCOC(=O)C1(C)CS1)(OC)OC. The first-order valence-electron chi connectivity index (χ1n) is 9.98. The Morgan fingerprint density at radius 1 is 0.846 bits per heavy atom. The fourth-order valence-corrected chi connectivity index (χ4v) is 3.47. The number of carbonyl (C=O) groups is 1. The molecule has 0 aromatic rings. The summed E-state index contributed by atoms with van der Waals surface area (Å²) < 4.78 is 21.0. The smallest absolute Gasteiger partial charge is 0.322 e. The maximum Gasteiger partial charge on any atom is 0.322 e. The molecule has 1 aliphatic rings. The molecule has 0 aliphatic carbocycles. The fourth-order valence-electron chi connectivity index (χ4n) is 2.96. The molecule has 0 N–H and O–H groups in total. The zero-order chi connectivity index (χ0) is 19.3. The maximum atomic E-state index is 11.7. The van der Waals surface area contributed by atoms with Crippen molar-refractivity contribution in [1.82, 2.24) is 0 Å². The van der Waals surface area contributed by atoms with Crippen molar-refractivity contribution in [2.24, 2.45) is 0 Å². The van der Waals surface area contributed by atoms with Gasteiger partial charge in [0.1, 0.15) is 4.75 Å². The summed E-state index contributed by atoms with van der Waals surface area (Å²) in [6.07, 6.45) is 12.8. The van der Waals surface area contributed by atoms with Gasteiger partial charge in [-0.15, -0.1) is 11.8 Å². The van der Waals surface area contributed by atoms with Crippen molar-refractivity contribution in [3.05, 3.63) is 0 Å². The number of carbonyl (C=O) groups excluding carboxylic acids is 1. The molecule has 0 spiro atoms. The van der Waals surface area contributed by atoms with Crippen LogP contribution in [0.4, 0.5) is 0 Å². The first-order chi connectivity index (χ1) is 12.5. The van der Waals surface area contributed by atoms with Gasteiger partial charge in [-0.3, -0.25) is 4.79 Å². The molecule has 0 aromatic carbocycles. The minimum absolute atomic E-state index is 0.0266. The molecule has 1 fully saturated rings. The molecule has 0 saturated carbocycles. The summed E-state index contributed by atoms with van der Waals surface area (Å²) in [5, 5.41) is 0. The number of thioether (sulfide) groups is 1. The van der Waals surface area contributed by atoms with Gasteiger partial charge in [-0.2, -0.15) is 0 Å². The summed E-state index contributed by atoms with van der Waals surface area (Å²) in [7, 11) is 4.84. The molecular weight excluding hydrogens is 352 g/mol. The highest BCUT2D eigenvalue weighted by molar-refractivity contribution is 8.08. The number of rotatable bonds is 17. The van der Waals surface area contributed by atoms with Crippen molar-refractivity contribution in [2.45, 2.75) is 88.3 Å². The summed E-state index contributed by atoms with van der Waals surface area (Å²) >= 11 is 1.67. The first-order valence-corrected chi connectivity index (χ1v) is 11.0. The second-order valence-electron chi connectivity index (χ2n) is 7.24. The molecule has 1 atom stereocenters. The summed E-state index contributed by atoms with van der Waals surface area (Å²) in [6.45, 7) is 2.55. The second-order valence-corrected chi connectivity index (χ2v) is 8.71. The molecule has 1 aliphatic heterocycles. The number of methoxy groups -OCH3 is 3. The second kappa shape index (κ2) is 13.0. The van der Waals surface area contributed by atoms with E-state index in [1.807, 2.05) is 6.92 Å². The van der Waals surface area contributed by atoms with Gasteiger partial charge >= 0.3 is 5.97 Å². The molecule has 26 heavy (non-hydrogen) atoms. The molecule has 0 amide bonds. The highest BCUT2D eigenvalue weighted by Crippen LogP contribution is 2.44. The molecule has 154 valence electrons. The van der Waals surface area contributed by atoms with Crippen LogP contribution in [0.2, 0.25) is 0 Å². The van der Waals surface area contributed by atoms with Crippen LogP contribution in [0.5, 0.6) is 0 Å². The standard InChI is InChI=1S/C20H38O5S/c1-19(17-26-19)18(21)25-16-14-12-10-8-6-5-7-9-11-13-15-20(22-2,23-3)24-4/h5-17H2,1-4H3. The van der Waals surface area contributed by atoms with Crippen LogP contribution in [-0.4, -0.2) is 50.4 Å². The fraction of sp³-hybridized carbons (Fsp3) is 0.950. The molecule has 1 rings (SSSR count). The Hall–Kier alpha value is -0.300. The van der Waals surface area contributed by atoms with Crippen LogP contribution in [0, 0.1) is 0 Å². The number of unbranched alkanes of at least 4 members (excludes halogenated alkanes) is 9. The van der Waals surface area contributed by atoms with Crippen molar-refractivity contribution in [3.8, 4) is 0 Å². The van der Waals surface area contributed by atoms with E-state index in [0.717, 1.165) is 31.4 Å². The Labute approximate surface area is 163 Å². The molecule has 1 heterocycles. The zero-order valence-electron chi connectivity index (χ0n) is 17.1. The average molecular weight is 391 g/mol. The van der Waals surface area contributed by atoms with Crippen LogP contribution in [0.25, 0.3) is 0 Å². The molecule has 0 aromatic heterocycles. The lowest BCUT2D eigenvalue weighted by Crippen LogP contribution is -2.35. The maximum absolute atomic E-state index is 11.7. The normalized spacial score (nSPS) is 19.5. The lowest BCUT2D eigenvalue weighted by Gasteiger charge is -2.28. The minimum atomic E-state index is -0.871. The van der Waals surface area contributed by atoms with Crippen molar-refractivity contribution in [2.75, 3.05) is 33.7 Å². The minimum Gasteiger partial charge on any atom is -0.465 e. The third-order valence-electron chi connectivity index (χ3n) is 5.05. The predicted molar refractivity (Wildman–Crippen MR) is 106 cm³/mol. The number of hydrogen-bond donors (Lipinski definition) is 0. The largest absolute Gasteiger partial charge is 0.465 e. The van der Waals surface area contributed by atoms with Gasteiger partial charge in [-0.1, -0.05) is 51.4 Å². The number of esters is 1. The van der Waals surface area contributed by atoms with Gasteiger partial charge in [-0.25, -0.2) is 0 Å². The molecular formula is C20H38O5S. The van der Waals surface area contributed by atoms with E-state index in [1.54, 1.807) is 33.1 Å². The van der Waals surface area contributed by atoms with E-state index in [4.69, 9.17) is 18.9 Å². The molecule has 6 heteroatoms. The zero-order valence-corrected chi connectivity index (χ0v) is 18.0. The van der Waals surface area contributed by atoms with Crippen molar-refractivity contribution < 1.29 is 23.7 Å². The Morgan fingerprint density at radius 3 is 1.69 bits per heavy atom. The van der Waals surface area contributed by atoms with Gasteiger partial charge in [0.25, 0.3) is 5.97 Å². The lowest BCUT2D eigenvalue weighted by molar-refractivity contribution is -0.355. The Bertz CT molecular complexity index is 372. The summed E-state index contributed by atoms with van der Waals surface area (Å²) in [5.41, 5.74) is 0. The number of hydrogen-bond acceptors (Lipinski definition) is 6. The predicted octanol–water partition coefficient (Wildman–Crippen LogP) is 4.92. The van der Waals surface area contributed by atoms with Crippen LogP contribution in [0.15, 0.2) is 0 Å². The first kappa shape index (κ1) is 23.7. The van der Waals surface area contributed by atoms with Crippen molar-refractivity contribution in [3.63, 3.8) is 0 Å². The molecule has 0 bridgehead atoms. The van der Waals surface area contributed by atoms with E-state index in [1.165, 1.54) is 44.9 Å². The summed E-state index contributed by atoms with van der Waals surface area (Å²) in [6, 6.07) is 0. The lowest BCUT2D eigenvalue weighted by atomic mass is 10.1. The van der Waals surface area contributed by atoms with Gasteiger partial charge in [0.15, 0.2) is 0 Å². The van der Waals surface area contributed by atoms with Crippen LogP contribution >= 0.6 is 11.8 Å². The Kier molecular flexibility index (Phi) is 11.8. The van der Waals surface area contributed by atoms with Gasteiger partial charge < -0.3 is 18.9 Å². The van der Waals surface area contributed by atoms with Crippen molar-refractivity contribution in [1.29, 1.82) is 0 Å². The van der Waals surface area contributed by atoms with E-state index in [2.05, 4.69) is 0 Å². The third kappa shape index (κ3) is 9.07. The topological polar surface area (TPSA) is 54.0 Å². The Morgan fingerprint density at radius 2 is 1.27 bits per heavy atom. The van der Waals surface area contributed by atoms with Gasteiger partial charge in [-0.05, 0) is 19.8 Å². The quantitative estimate of drug-likeness (QED) is 0.152. The highest BCUT2D eigenvalue weighted by Gasteiger charge is 2.47. The van der Waals surface area contributed by atoms with Crippen LogP contribution in [0.1, 0.15) is 77.6 Å². The molecule has 0 radical (unpaired) electrons. The molecule has 5 nitrogen and oxygen atoms in total. The van der Waals surface area contributed by atoms with Gasteiger partial charge in [0.2, 0.25) is 0 Å². The monoisotopic (exact) mass is 390 g/mol. The van der Waals surface area contributed by atoms with Crippen LogP contribution in [-0.2, 0) is 23.7 Å². The third-order valence-corrected chi connectivity index (χ3v) is 6.37. The summed E-state index contributed by atoms with van der Waals surface area (Å²) in [4.78, 5) is 11.7. The van der Waals surface area contributed by atoms with Crippen LogP contribution < -0.4 is 0 Å². The van der Waals surface area contributed by atoms with E-state index in [9.17, 15) is 4.79 Å². The van der Waals surface area contributed by atoms with E-state index >= 15 is 0 Å². The molecule has 1 unspecified atom stereocenters. The van der Waals surface area contributed by atoms with Crippen LogP contribution in [0.3, 0.4) is 0 Å². The number of ether oxygens (including phenoxy) is 4.